The van der Waals surface area contributed by atoms with Crippen LogP contribution in [-0.2, 0) is 0 Å². The lowest BCUT2D eigenvalue weighted by molar-refractivity contribution is 0.139. The average molecular weight is 481 g/mol. The van der Waals surface area contributed by atoms with Gasteiger partial charge in [0.1, 0.15) is 17.7 Å². The number of carbonyl (C=O) groups excluding carboxylic acids is 1. The van der Waals surface area contributed by atoms with Crippen molar-refractivity contribution >= 4 is 18.1 Å². The summed E-state index contributed by atoms with van der Waals surface area (Å²) in [5.41, 5.74) is 0.635. The minimum Gasteiger partial charge on any atom is -0.350 e. The molecule has 10 nitrogen and oxygen atoms in total. The summed E-state index contributed by atoms with van der Waals surface area (Å²) in [6.07, 6.45) is 5.69. The normalized spacial score (nSPS) is 17.7. The van der Waals surface area contributed by atoms with Gasteiger partial charge in [-0.05, 0) is 17.7 Å². The van der Waals surface area contributed by atoms with Gasteiger partial charge in [-0.2, -0.15) is 20.4 Å². The molecule has 178 valence electrons. The molecule has 0 aliphatic carbocycles. The van der Waals surface area contributed by atoms with Crippen LogP contribution in [-0.4, -0.2) is 68.1 Å². The number of carbonyl (C=O) groups is 1. The van der Waals surface area contributed by atoms with Crippen LogP contribution in [0, 0.1) is 28.8 Å². The summed E-state index contributed by atoms with van der Waals surface area (Å²) in [6, 6.07) is 4.09. The van der Waals surface area contributed by atoms with Crippen LogP contribution in [0.3, 0.4) is 0 Å². The van der Waals surface area contributed by atoms with Crippen LogP contribution in [0.2, 0.25) is 0 Å². The van der Waals surface area contributed by atoms with E-state index in [1.165, 1.54) is 40.4 Å². The van der Waals surface area contributed by atoms with Gasteiger partial charge in [-0.1, -0.05) is 0 Å². The number of rotatable bonds is 3. The lowest BCUT2D eigenvalue weighted by atomic mass is 10.0. The summed E-state index contributed by atoms with van der Waals surface area (Å²) in [4.78, 5) is 24.6. The zero-order chi connectivity index (χ0) is 24.5. The first-order valence-corrected chi connectivity index (χ1v) is 10.7. The molecular weight excluding hydrogens is 463 g/mol. The monoisotopic (exact) mass is 481 g/mol. The Kier molecular flexibility index (Phi) is 5.77. The molecule has 1 saturated heterocycles. The van der Waals surface area contributed by atoms with Gasteiger partial charge >= 0.3 is 6.03 Å². The van der Waals surface area contributed by atoms with Gasteiger partial charge < -0.3 is 9.80 Å². The Morgan fingerprint density at radius 2 is 1.80 bits per heavy atom. The molecule has 2 aliphatic heterocycles. The molecule has 13 heteroatoms. The van der Waals surface area contributed by atoms with Crippen molar-refractivity contribution in [2.24, 2.45) is 5.10 Å². The highest BCUT2D eigenvalue weighted by Crippen LogP contribution is 2.30. The Bertz CT molecular complexity index is 1320. The average Bonchev–Trinajstić information content (AvgIpc) is 3.54. The van der Waals surface area contributed by atoms with Gasteiger partial charge in [-0.15, -0.1) is 0 Å². The molecule has 0 bridgehead atoms. The molecule has 0 saturated carbocycles. The Morgan fingerprint density at radius 3 is 2.49 bits per heavy atom. The molecule has 2 aromatic heterocycles. The van der Waals surface area contributed by atoms with E-state index in [0.29, 0.717) is 30.6 Å². The van der Waals surface area contributed by atoms with Gasteiger partial charge in [-0.25, -0.2) is 32.6 Å². The maximum atomic E-state index is 14.5. The van der Waals surface area contributed by atoms with Crippen LogP contribution < -0.4 is 4.90 Å². The molecule has 1 atom stereocenters. The fourth-order valence-corrected chi connectivity index (χ4v) is 4.07. The molecule has 3 aromatic rings. The highest BCUT2D eigenvalue weighted by Gasteiger charge is 2.34. The van der Waals surface area contributed by atoms with Crippen LogP contribution in [0.4, 0.5) is 23.8 Å². The van der Waals surface area contributed by atoms with E-state index >= 15 is 0 Å². The molecule has 0 unspecified atom stereocenters. The Morgan fingerprint density at radius 1 is 1.06 bits per heavy atom. The number of halogens is 3. The van der Waals surface area contributed by atoms with E-state index in [1.54, 1.807) is 9.80 Å². The number of hydrogen-bond donors (Lipinski definition) is 0. The number of nitrogens with zero attached hydrogens (tertiary/aromatic N) is 9. The van der Waals surface area contributed by atoms with Crippen molar-refractivity contribution in [3.63, 3.8) is 0 Å². The third-order valence-electron chi connectivity index (χ3n) is 5.77. The Labute approximate surface area is 197 Å². The van der Waals surface area contributed by atoms with Crippen molar-refractivity contribution in [2.75, 3.05) is 31.1 Å². The fraction of sp³-hybridized carbons (Fsp3) is 0.273. The second-order valence-corrected chi connectivity index (χ2v) is 7.98. The van der Waals surface area contributed by atoms with Gasteiger partial charge in [0.15, 0.2) is 11.6 Å². The first-order chi connectivity index (χ1) is 16.9. The Hall–Kier alpha value is -4.47. The molecule has 2 amide bonds. The van der Waals surface area contributed by atoms with Crippen LogP contribution >= 0.6 is 0 Å². The quantitative estimate of drug-likeness (QED) is 0.569. The molecule has 4 heterocycles. The zero-order valence-corrected chi connectivity index (χ0v) is 18.2. The second kappa shape index (κ2) is 9.05. The number of nitriles is 1. The minimum absolute atomic E-state index is 0.0587. The number of anilines is 1. The van der Waals surface area contributed by atoms with Gasteiger partial charge in [0, 0.05) is 44.9 Å². The lowest BCUT2D eigenvalue weighted by Crippen LogP contribution is -2.52. The molecule has 2 aliphatic rings. The van der Waals surface area contributed by atoms with E-state index in [9.17, 15) is 18.0 Å². The van der Waals surface area contributed by atoms with Crippen molar-refractivity contribution in [3.05, 3.63) is 65.4 Å². The summed E-state index contributed by atoms with van der Waals surface area (Å²) in [6.45, 7) is 1.10. The largest absolute Gasteiger partial charge is 0.350 e. The summed E-state index contributed by atoms with van der Waals surface area (Å²) >= 11 is 0. The van der Waals surface area contributed by atoms with E-state index in [0.717, 1.165) is 12.3 Å². The van der Waals surface area contributed by atoms with Crippen LogP contribution in [0.1, 0.15) is 23.6 Å². The van der Waals surface area contributed by atoms with Gasteiger partial charge in [0.25, 0.3) is 5.95 Å². The van der Waals surface area contributed by atoms with Crippen LogP contribution in [0.15, 0.2) is 41.9 Å². The predicted molar refractivity (Wildman–Crippen MR) is 117 cm³/mol. The summed E-state index contributed by atoms with van der Waals surface area (Å²) < 4.78 is 43.2. The van der Waals surface area contributed by atoms with Gasteiger partial charge in [-0.3, -0.25) is 0 Å². The topological polar surface area (TPSA) is 107 Å². The van der Waals surface area contributed by atoms with Crippen molar-refractivity contribution in [2.45, 2.75) is 12.5 Å². The van der Waals surface area contributed by atoms with E-state index in [1.807, 2.05) is 6.07 Å². The van der Waals surface area contributed by atoms with Crippen molar-refractivity contribution in [3.8, 4) is 12.0 Å². The first-order valence-electron chi connectivity index (χ1n) is 10.7. The number of urea groups is 1. The van der Waals surface area contributed by atoms with E-state index in [2.05, 4.69) is 20.2 Å². The number of amides is 2. The number of benzene rings is 1. The highest BCUT2D eigenvalue weighted by atomic mass is 19.1. The number of aromatic nitrogens is 4. The van der Waals surface area contributed by atoms with Gasteiger partial charge in [0.2, 0.25) is 0 Å². The minimum atomic E-state index is -0.724. The fourth-order valence-electron chi connectivity index (χ4n) is 4.07. The van der Waals surface area contributed by atoms with E-state index < -0.39 is 29.5 Å². The molecule has 35 heavy (non-hydrogen) atoms. The number of hydrogen-bond acceptors (Lipinski definition) is 7. The third kappa shape index (κ3) is 4.37. The molecule has 1 fully saturated rings. The number of piperazine rings is 1. The zero-order valence-electron chi connectivity index (χ0n) is 18.2. The maximum absolute atomic E-state index is 14.5. The molecule has 0 radical (unpaired) electrons. The molecule has 5 rings (SSSR count). The van der Waals surface area contributed by atoms with Crippen molar-refractivity contribution in [1.82, 2.24) is 29.7 Å². The second-order valence-electron chi connectivity index (χ2n) is 7.98. The van der Waals surface area contributed by atoms with Gasteiger partial charge in [0.05, 0.1) is 30.2 Å². The third-order valence-corrected chi connectivity index (χ3v) is 5.77. The molecule has 1 aromatic carbocycles. The maximum Gasteiger partial charge on any atom is 0.341 e. The van der Waals surface area contributed by atoms with Crippen LogP contribution in [0.25, 0.3) is 5.95 Å². The predicted octanol–water partition coefficient (Wildman–Crippen LogP) is 2.63. The van der Waals surface area contributed by atoms with Crippen LogP contribution in [0.5, 0.6) is 0 Å². The SMILES string of the molecule is N#Cc1cnn(-c2ncc(F)c(N3CCN(C(=O)N4N=CC[C@H]4c4cc(F)cc(F)c4)CC3)n2)c1. The highest BCUT2D eigenvalue weighted by molar-refractivity contribution is 5.78. The Balaban J connectivity index is 1.28. The van der Waals surface area contributed by atoms with E-state index in [-0.39, 0.29) is 24.9 Å². The smallest absolute Gasteiger partial charge is 0.341 e. The molecular formula is C22H18F3N9O. The molecule has 0 N–H and O–H groups in total. The summed E-state index contributed by atoms with van der Waals surface area (Å²) in [5, 5.41) is 18.3. The van der Waals surface area contributed by atoms with Crippen molar-refractivity contribution < 1.29 is 18.0 Å². The standard InChI is InChI=1S/C22H18F3N9O/c23-16-7-15(8-17(24)9-16)19-1-2-28-34(19)22(35)32-5-3-31(4-6-32)20-18(25)12-27-21(30-20)33-13-14(10-26)11-29-33/h2,7-9,11-13,19H,1,3-6H2/t19-/m0/s1. The summed E-state index contributed by atoms with van der Waals surface area (Å²) in [5.74, 6) is -1.91. The van der Waals surface area contributed by atoms with Crippen molar-refractivity contribution in [1.29, 1.82) is 5.26 Å². The number of hydrazone groups is 1. The summed E-state index contributed by atoms with van der Waals surface area (Å²) in [7, 11) is 0. The first kappa shape index (κ1) is 22.3. The van der Waals surface area contributed by atoms with E-state index in [4.69, 9.17) is 5.26 Å². The lowest BCUT2D eigenvalue weighted by Gasteiger charge is -2.37. The molecule has 0 spiro atoms.